The highest BCUT2D eigenvalue weighted by molar-refractivity contribution is 5.78. The number of carbonyl (C=O) groups is 1. The molecule has 0 spiro atoms. The molecule has 1 saturated heterocycles. The molecule has 22 heavy (non-hydrogen) atoms. The van der Waals surface area contributed by atoms with Crippen molar-refractivity contribution < 1.29 is 13.9 Å². The number of carbonyl (C=O) groups excluding carboxylic acids is 1. The van der Waals surface area contributed by atoms with Crippen molar-refractivity contribution in [2.45, 2.75) is 27.3 Å². The predicted octanol–water partition coefficient (Wildman–Crippen LogP) is 2.45. The number of nitrogens with zero attached hydrogens (tertiary/aromatic N) is 2. The molecule has 124 valence electrons. The van der Waals surface area contributed by atoms with Crippen LogP contribution in [0.4, 0.5) is 4.39 Å². The van der Waals surface area contributed by atoms with Gasteiger partial charge in [0.15, 0.2) is 0 Å². The van der Waals surface area contributed by atoms with Crippen molar-refractivity contribution in [3.63, 3.8) is 0 Å². The van der Waals surface area contributed by atoms with E-state index in [1.165, 1.54) is 12.1 Å². The zero-order valence-corrected chi connectivity index (χ0v) is 14.1. The number of hydrogen-bond donors (Lipinski definition) is 0. The van der Waals surface area contributed by atoms with Gasteiger partial charge in [0.2, 0.25) is 5.91 Å². The number of likely N-dealkylation sites (N-methyl/N-ethyl adjacent to an activating group) is 1. The van der Waals surface area contributed by atoms with Gasteiger partial charge in [-0.3, -0.25) is 9.69 Å². The largest absolute Gasteiger partial charge is 0.378 e. The molecule has 0 aliphatic carbocycles. The molecule has 1 amide bonds. The van der Waals surface area contributed by atoms with Gasteiger partial charge in [-0.15, -0.1) is 0 Å². The highest BCUT2D eigenvalue weighted by Crippen LogP contribution is 2.10. The van der Waals surface area contributed by atoms with Crippen molar-refractivity contribution in [1.82, 2.24) is 9.80 Å². The lowest BCUT2D eigenvalue weighted by Crippen LogP contribution is -2.44. The van der Waals surface area contributed by atoms with Gasteiger partial charge in [-0.1, -0.05) is 19.9 Å². The van der Waals surface area contributed by atoms with E-state index in [-0.39, 0.29) is 11.7 Å². The smallest absolute Gasteiger partial charge is 0.236 e. The van der Waals surface area contributed by atoms with E-state index in [1.54, 1.807) is 0 Å². The first-order chi connectivity index (χ1) is 10.5. The fraction of sp³-hybridized carbons (Fsp3) is 0.588. The number of ether oxygens (including phenoxy) is 1. The summed E-state index contributed by atoms with van der Waals surface area (Å²) < 4.78 is 18.6. The van der Waals surface area contributed by atoms with Crippen LogP contribution in [0.5, 0.6) is 0 Å². The molecule has 2 rings (SSSR count). The lowest BCUT2D eigenvalue weighted by Gasteiger charge is -2.28. The molecule has 4 nitrogen and oxygen atoms in total. The maximum atomic E-state index is 13.3. The van der Waals surface area contributed by atoms with Crippen LogP contribution in [0.2, 0.25) is 0 Å². The lowest BCUT2D eigenvalue weighted by atomic mass is 10.1. The van der Waals surface area contributed by atoms with E-state index >= 15 is 0 Å². The third-order valence-corrected chi connectivity index (χ3v) is 3.32. The van der Waals surface area contributed by atoms with Gasteiger partial charge in [0.05, 0.1) is 19.8 Å². The van der Waals surface area contributed by atoms with Gasteiger partial charge in [-0.2, -0.15) is 0 Å². The molecule has 0 radical (unpaired) electrons. The van der Waals surface area contributed by atoms with E-state index in [1.807, 2.05) is 43.7 Å². The minimum atomic E-state index is -0.229. The Morgan fingerprint density at radius 3 is 2.50 bits per heavy atom. The van der Waals surface area contributed by atoms with Crippen LogP contribution in [0.15, 0.2) is 18.2 Å². The van der Waals surface area contributed by atoms with Crippen LogP contribution in [-0.4, -0.2) is 55.6 Å². The maximum Gasteiger partial charge on any atom is 0.236 e. The molecule has 5 heteroatoms. The molecular formula is C17H27FN2O2. The minimum absolute atomic E-state index is 0.101. The van der Waals surface area contributed by atoms with Crippen LogP contribution in [0.25, 0.3) is 0 Å². The number of aryl methyl sites for hydroxylation is 1. The molecule has 1 fully saturated rings. The first-order valence-electron chi connectivity index (χ1n) is 7.85. The van der Waals surface area contributed by atoms with Crippen molar-refractivity contribution in [2.75, 3.05) is 39.9 Å². The summed E-state index contributed by atoms with van der Waals surface area (Å²) in [6.45, 7) is 9.31. The Morgan fingerprint density at radius 1 is 1.27 bits per heavy atom. The van der Waals surface area contributed by atoms with E-state index in [9.17, 15) is 9.18 Å². The number of morpholine rings is 1. The maximum absolute atomic E-state index is 13.3. The molecule has 1 aromatic rings. The van der Waals surface area contributed by atoms with Gasteiger partial charge < -0.3 is 9.64 Å². The molecule has 0 unspecified atom stereocenters. The minimum Gasteiger partial charge on any atom is -0.378 e. The second kappa shape index (κ2) is 9.54. The van der Waals surface area contributed by atoms with E-state index in [0.717, 1.165) is 11.1 Å². The Labute approximate surface area is 132 Å². The molecule has 1 aliphatic rings. The highest BCUT2D eigenvalue weighted by atomic mass is 19.1. The topological polar surface area (TPSA) is 32.8 Å². The zero-order chi connectivity index (χ0) is 16.5. The van der Waals surface area contributed by atoms with Crippen molar-refractivity contribution in [1.29, 1.82) is 0 Å². The normalized spacial score (nSPS) is 14.5. The molecule has 0 saturated carbocycles. The standard InChI is InChI=1S/C15H21FN2O2.C2H6/c1-12-7-13(9-14(16)8-12)10-17(2)11-15(19)18-3-5-20-6-4-18;1-2/h7-9H,3-6,10-11H2,1-2H3;1-2H3. The molecule has 1 heterocycles. The van der Waals surface area contributed by atoms with E-state index in [4.69, 9.17) is 4.74 Å². The predicted molar refractivity (Wildman–Crippen MR) is 86.2 cm³/mol. The van der Waals surface area contributed by atoms with Gasteiger partial charge in [0.1, 0.15) is 5.82 Å². The second-order valence-corrected chi connectivity index (χ2v) is 5.30. The first kappa shape index (κ1) is 18.6. The van der Waals surface area contributed by atoms with E-state index < -0.39 is 0 Å². The summed E-state index contributed by atoms with van der Waals surface area (Å²) in [5.74, 6) is -0.128. The highest BCUT2D eigenvalue weighted by Gasteiger charge is 2.18. The SMILES string of the molecule is CC.Cc1cc(F)cc(CN(C)CC(=O)N2CCOCC2)c1. The van der Waals surface area contributed by atoms with Crippen LogP contribution in [0.1, 0.15) is 25.0 Å². The van der Waals surface area contributed by atoms with Gasteiger partial charge in [0.25, 0.3) is 0 Å². The third-order valence-electron chi connectivity index (χ3n) is 3.32. The Balaban J connectivity index is 0.00000116. The lowest BCUT2D eigenvalue weighted by molar-refractivity contribution is -0.136. The molecule has 0 atom stereocenters. The molecule has 1 aromatic carbocycles. The van der Waals surface area contributed by atoms with Gasteiger partial charge in [-0.25, -0.2) is 4.39 Å². The fourth-order valence-corrected chi connectivity index (χ4v) is 2.41. The summed E-state index contributed by atoms with van der Waals surface area (Å²) in [6.07, 6.45) is 0. The second-order valence-electron chi connectivity index (χ2n) is 5.30. The summed E-state index contributed by atoms with van der Waals surface area (Å²) in [7, 11) is 1.87. The Bertz CT molecular complexity index is 453. The number of halogens is 1. The van der Waals surface area contributed by atoms with Crippen molar-refractivity contribution >= 4 is 5.91 Å². The van der Waals surface area contributed by atoms with Crippen molar-refractivity contribution in [2.24, 2.45) is 0 Å². The summed E-state index contributed by atoms with van der Waals surface area (Å²) in [4.78, 5) is 15.8. The number of hydrogen-bond acceptors (Lipinski definition) is 3. The molecule has 0 bridgehead atoms. The molecule has 0 aromatic heterocycles. The number of rotatable bonds is 4. The van der Waals surface area contributed by atoms with Crippen LogP contribution in [0.3, 0.4) is 0 Å². The Kier molecular flexibility index (Phi) is 8.06. The first-order valence-corrected chi connectivity index (χ1v) is 7.85. The summed E-state index contributed by atoms with van der Waals surface area (Å²) in [5.41, 5.74) is 1.78. The Morgan fingerprint density at radius 2 is 1.91 bits per heavy atom. The third kappa shape index (κ3) is 6.12. The molecule has 1 aliphatic heterocycles. The zero-order valence-electron chi connectivity index (χ0n) is 14.1. The van der Waals surface area contributed by atoms with E-state index in [2.05, 4.69) is 0 Å². The average molecular weight is 310 g/mol. The van der Waals surface area contributed by atoms with E-state index in [0.29, 0.717) is 39.4 Å². The fourth-order valence-electron chi connectivity index (χ4n) is 2.41. The number of amides is 1. The average Bonchev–Trinajstić information content (AvgIpc) is 2.49. The van der Waals surface area contributed by atoms with Crippen LogP contribution in [0, 0.1) is 12.7 Å². The monoisotopic (exact) mass is 310 g/mol. The van der Waals surface area contributed by atoms with Gasteiger partial charge in [0, 0.05) is 19.6 Å². The summed E-state index contributed by atoms with van der Waals surface area (Å²) >= 11 is 0. The summed E-state index contributed by atoms with van der Waals surface area (Å²) in [6, 6.07) is 4.96. The van der Waals surface area contributed by atoms with Crippen molar-refractivity contribution in [3.05, 3.63) is 35.1 Å². The van der Waals surface area contributed by atoms with Crippen molar-refractivity contribution in [3.8, 4) is 0 Å². The number of benzene rings is 1. The summed E-state index contributed by atoms with van der Waals surface area (Å²) in [5, 5.41) is 0. The van der Waals surface area contributed by atoms with Gasteiger partial charge in [-0.05, 0) is 37.2 Å². The quantitative estimate of drug-likeness (QED) is 0.856. The van der Waals surface area contributed by atoms with Gasteiger partial charge >= 0.3 is 0 Å². The van der Waals surface area contributed by atoms with Crippen LogP contribution < -0.4 is 0 Å². The molecule has 0 N–H and O–H groups in total. The van der Waals surface area contributed by atoms with Crippen LogP contribution in [-0.2, 0) is 16.1 Å². The van der Waals surface area contributed by atoms with Crippen LogP contribution >= 0.6 is 0 Å². The molecular weight excluding hydrogens is 283 g/mol. The Hall–Kier alpha value is -1.46.